The van der Waals surface area contributed by atoms with Gasteiger partial charge in [-0.25, -0.2) is 22.8 Å². The van der Waals surface area contributed by atoms with Crippen LogP contribution >= 0.6 is 11.3 Å². The summed E-state index contributed by atoms with van der Waals surface area (Å²) in [5.41, 5.74) is 0.958. The number of aromatic nitrogens is 2. The van der Waals surface area contributed by atoms with Gasteiger partial charge in [0.15, 0.2) is 0 Å². The zero-order valence-corrected chi connectivity index (χ0v) is 34.3. The fourth-order valence-electron chi connectivity index (χ4n) is 8.06. The van der Waals surface area contributed by atoms with Crippen LogP contribution in [-0.2, 0) is 24.4 Å². The van der Waals surface area contributed by atoms with E-state index in [9.17, 15) is 27.2 Å². The number of hydrogen-bond donors (Lipinski definition) is 3. The fraction of sp³-hybridized carbons (Fsp3) is 0.452. The van der Waals surface area contributed by atoms with Gasteiger partial charge in [0.1, 0.15) is 51.7 Å². The molecule has 4 heterocycles. The molecule has 2 saturated carbocycles. The molecule has 3 N–H and O–H groups in total. The van der Waals surface area contributed by atoms with Gasteiger partial charge in [0.2, 0.25) is 21.8 Å². The second-order valence-electron chi connectivity index (χ2n) is 16.0. The lowest BCUT2D eigenvalue weighted by atomic mass is 10.0. The Hall–Kier alpha value is -5.09. The van der Waals surface area contributed by atoms with Crippen LogP contribution < -0.4 is 24.8 Å². The van der Waals surface area contributed by atoms with Crippen LogP contribution in [-0.4, -0.2) is 83.1 Å². The summed E-state index contributed by atoms with van der Waals surface area (Å²) in [6, 6.07) is 9.52. The van der Waals surface area contributed by atoms with Crippen molar-refractivity contribution in [3.63, 3.8) is 0 Å². The lowest BCUT2D eigenvalue weighted by Gasteiger charge is -2.30. The summed E-state index contributed by atoms with van der Waals surface area (Å²) < 4.78 is 54.4. The summed E-state index contributed by atoms with van der Waals surface area (Å²) in [6.45, 7) is 3.53. The van der Waals surface area contributed by atoms with E-state index in [1.165, 1.54) is 28.4 Å². The van der Waals surface area contributed by atoms with Gasteiger partial charge >= 0.3 is 0 Å². The number of halogens is 1. The number of hydrogen-bond acceptors (Lipinski definition) is 11. The first kappa shape index (κ1) is 39.7. The van der Waals surface area contributed by atoms with Crippen LogP contribution in [0.25, 0.3) is 21.6 Å². The third-order valence-electron chi connectivity index (χ3n) is 12.0. The number of anilines is 1. The number of carbonyl (C=O) groups is 3. The van der Waals surface area contributed by atoms with Crippen LogP contribution in [0.1, 0.15) is 70.3 Å². The van der Waals surface area contributed by atoms with Crippen molar-refractivity contribution in [1.29, 1.82) is 0 Å². The van der Waals surface area contributed by atoms with Crippen molar-refractivity contribution in [2.45, 2.75) is 100 Å². The number of fused-ring (bicyclic) bond motifs is 3. The molecule has 0 bridgehead atoms. The standard InChI is InChI=1S/C42H47FN6O7S2/c1-25-34(55-3)15-14-30-35(22-32(46-36(25)30)38-44-18-19-57-38)56-29-21-33-37(50)47-42(40(52)48-58(53,54)41(2)16-17-41)23-26(42)10-7-5-4-6-8-13-31(39(51)49(33)24-29)45-28-12-9-11-27(43)20-28/h7,9-12,14-15,18-20,22,26,29,31,33,45H,4-6,8,13,16-17,21,23-24H2,1-3H3,(H,47,50)(H,48,52)/b10-7-/t26-,29-,31+,33+,42-/m1/s1. The van der Waals surface area contributed by atoms with Crippen molar-refractivity contribution in [1.82, 2.24) is 24.9 Å². The van der Waals surface area contributed by atoms with Gasteiger partial charge in [0.05, 0.1) is 23.9 Å². The normalized spacial score (nSPS) is 26.3. The van der Waals surface area contributed by atoms with Crippen molar-refractivity contribution in [2.24, 2.45) is 5.92 Å². The highest BCUT2D eigenvalue weighted by Crippen LogP contribution is 2.48. The molecule has 306 valence electrons. The largest absolute Gasteiger partial charge is 0.496 e. The fourth-order valence-corrected chi connectivity index (χ4v) is 9.97. The average Bonchev–Trinajstić information content (AvgIpc) is 3.94. The quantitative estimate of drug-likeness (QED) is 0.169. The maximum absolute atomic E-state index is 14.8. The summed E-state index contributed by atoms with van der Waals surface area (Å²) >= 11 is 1.43. The van der Waals surface area contributed by atoms with Crippen molar-refractivity contribution in [3.8, 4) is 22.2 Å². The molecule has 5 atom stereocenters. The summed E-state index contributed by atoms with van der Waals surface area (Å²) in [6.07, 6.45) is 9.48. The summed E-state index contributed by atoms with van der Waals surface area (Å²) in [5, 5.41) is 9.42. The molecule has 2 aliphatic carbocycles. The SMILES string of the molecule is COc1ccc2c(O[C@@H]3C[C@H]4C(=O)N[C@]5(C(=O)NS(=O)(=O)C6(C)CC6)C[C@H]5/C=C\CCCCC[C@H](Nc5cccc(F)c5)C(=O)N4C3)cc(-c3nccs3)nc2c1C. The Morgan fingerprint density at radius 3 is 2.67 bits per heavy atom. The number of methoxy groups -OCH3 is 1. The molecule has 3 amide bonds. The molecule has 2 aromatic carbocycles. The number of nitrogens with one attached hydrogen (secondary N) is 3. The number of ether oxygens (including phenoxy) is 2. The van der Waals surface area contributed by atoms with E-state index in [2.05, 4.69) is 20.3 Å². The van der Waals surface area contributed by atoms with E-state index in [1.807, 2.05) is 36.6 Å². The van der Waals surface area contributed by atoms with Crippen molar-refractivity contribution in [3.05, 3.63) is 77.6 Å². The van der Waals surface area contributed by atoms with Crippen LogP contribution in [0.5, 0.6) is 11.5 Å². The minimum absolute atomic E-state index is 0.0268. The minimum atomic E-state index is -4.00. The number of allylic oxidation sites excluding steroid dienone is 1. The minimum Gasteiger partial charge on any atom is -0.496 e. The second-order valence-corrected chi connectivity index (χ2v) is 19.1. The molecular formula is C42H47FN6O7S2. The lowest BCUT2D eigenvalue weighted by Crippen LogP contribution is -2.58. The van der Waals surface area contributed by atoms with Crippen molar-refractivity contribution < 1.29 is 36.7 Å². The lowest BCUT2D eigenvalue weighted by molar-refractivity contribution is -0.140. The third kappa shape index (κ3) is 7.75. The number of amides is 3. The number of nitrogens with zero attached hydrogens (tertiary/aromatic N) is 3. The van der Waals surface area contributed by atoms with Gasteiger partial charge < -0.3 is 25.0 Å². The molecule has 8 rings (SSSR count). The van der Waals surface area contributed by atoms with E-state index in [0.29, 0.717) is 70.9 Å². The Kier molecular flexibility index (Phi) is 10.7. The summed E-state index contributed by atoms with van der Waals surface area (Å²) in [5.74, 6) is -1.51. The monoisotopic (exact) mass is 830 g/mol. The number of rotatable bonds is 9. The predicted octanol–water partition coefficient (Wildman–Crippen LogP) is 6.04. The van der Waals surface area contributed by atoms with Gasteiger partial charge in [-0.15, -0.1) is 11.3 Å². The Morgan fingerprint density at radius 1 is 1.10 bits per heavy atom. The number of pyridine rings is 1. The van der Waals surface area contributed by atoms with E-state index in [4.69, 9.17) is 14.5 Å². The van der Waals surface area contributed by atoms with Crippen LogP contribution in [0, 0.1) is 18.7 Å². The highest BCUT2D eigenvalue weighted by molar-refractivity contribution is 7.91. The highest BCUT2D eigenvalue weighted by Gasteiger charge is 2.63. The average molecular weight is 831 g/mol. The van der Waals surface area contributed by atoms with Crippen molar-refractivity contribution >= 4 is 55.7 Å². The third-order valence-corrected chi connectivity index (χ3v) is 14.9. The molecule has 1 saturated heterocycles. The number of benzene rings is 2. The Labute approximate surface area is 340 Å². The van der Waals surface area contributed by atoms with E-state index in [1.54, 1.807) is 38.4 Å². The first-order valence-corrected chi connectivity index (χ1v) is 22.1. The van der Waals surface area contributed by atoms with Gasteiger partial charge in [-0.1, -0.05) is 31.1 Å². The van der Waals surface area contributed by atoms with E-state index in [0.717, 1.165) is 18.4 Å². The van der Waals surface area contributed by atoms with Crippen LogP contribution in [0.2, 0.25) is 0 Å². The van der Waals surface area contributed by atoms with E-state index < -0.39 is 62.0 Å². The van der Waals surface area contributed by atoms with Gasteiger partial charge in [0.25, 0.3) is 5.91 Å². The molecule has 4 aromatic rings. The Balaban J connectivity index is 1.15. The molecule has 2 aliphatic heterocycles. The molecule has 16 heteroatoms. The van der Waals surface area contributed by atoms with Crippen LogP contribution in [0.4, 0.5) is 10.1 Å². The molecular weight excluding hydrogens is 784 g/mol. The Bertz CT molecular complexity index is 2390. The molecule has 0 unspecified atom stereocenters. The smallest absolute Gasteiger partial charge is 0.259 e. The maximum Gasteiger partial charge on any atom is 0.259 e. The molecule has 4 aliphatic rings. The second kappa shape index (κ2) is 15.6. The van der Waals surface area contributed by atoms with Crippen LogP contribution in [0.3, 0.4) is 0 Å². The molecule has 0 radical (unpaired) electrons. The highest BCUT2D eigenvalue weighted by atomic mass is 32.2. The van der Waals surface area contributed by atoms with Gasteiger partial charge in [-0.05, 0) is 82.7 Å². The number of thiazole rings is 1. The molecule has 2 aromatic heterocycles. The van der Waals surface area contributed by atoms with Gasteiger partial charge in [-0.2, -0.15) is 0 Å². The maximum atomic E-state index is 14.8. The first-order valence-electron chi connectivity index (χ1n) is 19.7. The number of sulfonamides is 1. The topological polar surface area (TPSA) is 169 Å². The number of carbonyl (C=O) groups excluding carboxylic acids is 3. The number of aryl methyl sites for hydroxylation is 1. The van der Waals surface area contributed by atoms with Gasteiger partial charge in [0, 0.05) is 46.6 Å². The van der Waals surface area contributed by atoms with Crippen LogP contribution in [0.15, 0.2) is 66.2 Å². The molecule has 13 nitrogen and oxygen atoms in total. The van der Waals surface area contributed by atoms with E-state index in [-0.39, 0.29) is 25.3 Å². The molecule has 0 spiro atoms. The molecule has 3 fully saturated rings. The summed E-state index contributed by atoms with van der Waals surface area (Å²) in [7, 11) is -2.40. The summed E-state index contributed by atoms with van der Waals surface area (Å²) in [4.78, 5) is 54.2. The zero-order chi connectivity index (χ0) is 40.8. The Morgan fingerprint density at radius 2 is 1.93 bits per heavy atom. The molecule has 58 heavy (non-hydrogen) atoms. The van der Waals surface area contributed by atoms with Crippen molar-refractivity contribution in [2.75, 3.05) is 19.0 Å². The zero-order valence-electron chi connectivity index (χ0n) is 32.6. The predicted molar refractivity (Wildman–Crippen MR) is 218 cm³/mol. The first-order chi connectivity index (χ1) is 27.8. The van der Waals surface area contributed by atoms with Gasteiger partial charge in [-0.3, -0.25) is 19.1 Å². The van der Waals surface area contributed by atoms with E-state index >= 15 is 0 Å².